The van der Waals surface area contributed by atoms with Gasteiger partial charge < -0.3 is 24.5 Å². The predicted octanol–water partition coefficient (Wildman–Crippen LogP) is 6.27. The number of ether oxygens (including phenoxy) is 2. The Balaban J connectivity index is 1.14. The van der Waals surface area contributed by atoms with Crippen LogP contribution in [0.3, 0.4) is 0 Å². The summed E-state index contributed by atoms with van der Waals surface area (Å²) in [6, 6.07) is 24.9. The third kappa shape index (κ3) is 7.31. The van der Waals surface area contributed by atoms with Gasteiger partial charge in [-0.25, -0.2) is 0 Å². The first-order valence-corrected chi connectivity index (χ1v) is 15.9. The highest BCUT2D eigenvalue weighted by Gasteiger charge is 2.21. The molecule has 0 aliphatic heterocycles. The smallest absolute Gasteiger partial charge is 0.291 e. The lowest BCUT2D eigenvalue weighted by Gasteiger charge is -2.20. The molecule has 0 aliphatic carbocycles. The zero-order chi connectivity index (χ0) is 34.5. The molecule has 0 atom stereocenters. The van der Waals surface area contributed by atoms with Crippen molar-refractivity contribution in [2.45, 2.75) is 19.9 Å². The molecule has 6 rings (SSSR count). The van der Waals surface area contributed by atoms with E-state index in [0.29, 0.717) is 22.6 Å². The third-order valence-corrected chi connectivity index (χ3v) is 8.47. The SMILES string of the molecule is CCN(CCc1ccc(NC(=O)c2cc(OC)c(OC)cc2NC(=O)c2cc(=O)c3ccccc3o2)cc1)Cc1ccc2c(cnn2C)c1. The number of anilines is 2. The lowest BCUT2D eigenvalue weighted by molar-refractivity contribution is 0.0997. The van der Waals surface area contributed by atoms with Crippen LogP contribution in [0.1, 0.15) is 39.0 Å². The van der Waals surface area contributed by atoms with Crippen LogP contribution in [0.5, 0.6) is 11.5 Å². The molecule has 0 spiro atoms. The van der Waals surface area contributed by atoms with Crippen LogP contribution in [0.2, 0.25) is 0 Å². The molecule has 2 heterocycles. The topological polar surface area (TPSA) is 128 Å². The van der Waals surface area contributed by atoms with E-state index >= 15 is 0 Å². The number of aryl methyl sites for hydroxylation is 1. The predicted molar refractivity (Wildman–Crippen MR) is 190 cm³/mol. The summed E-state index contributed by atoms with van der Waals surface area (Å²) in [5.74, 6) is -0.771. The van der Waals surface area contributed by atoms with Gasteiger partial charge in [0.15, 0.2) is 22.7 Å². The molecule has 11 heteroatoms. The molecule has 0 radical (unpaired) electrons. The minimum atomic E-state index is -0.702. The molecule has 0 aliphatic rings. The molecule has 250 valence electrons. The Kier molecular flexibility index (Phi) is 9.72. The van der Waals surface area contributed by atoms with Crippen LogP contribution in [0, 0.1) is 0 Å². The Labute approximate surface area is 283 Å². The maximum Gasteiger partial charge on any atom is 0.291 e. The maximum absolute atomic E-state index is 13.6. The van der Waals surface area contributed by atoms with Gasteiger partial charge in [0.1, 0.15) is 5.58 Å². The summed E-state index contributed by atoms with van der Waals surface area (Å²) in [6.07, 6.45) is 2.73. The van der Waals surface area contributed by atoms with Crippen LogP contribution in [0.25, 0.3) is 21.9 Å². The van der Waals surface area contributed by atoms with Crippen LogP contribution in [0.4, 0.5) is 11.4 Å². The molecule has 2 amide bonds. The minimum absolute atomic E-state index is 0.126. The number of nitrogens with one attached hydrogen (secondary N) is 2. The molecule has 2 N–H and O–H groups in total. The number of nitrogens with zero attached hydrogens (tertiary/aromatic N) is 3. The second-order valence-corrected chi connectivity index (χ2v) is 11.6. The summed E-state index contributed by atoms with van der Waals surface area (Å²) in [5, 5.41) is 11.4. The van der Waals surface area contributed by atoms with Crippen LogP contribution < -0.4 is 25.5 Å². The van der Waals surface area contributed by atoms with E-state index in [2.05, 4.69) is 45.8 Å². The van der Waals surface area contributed by atoms with E-state index < -0.39 is 11.8 Å². The number of para-hydroxylation sites is 1. The fraction of sp³-hybridized carbons (Fsp3) is 0.211. The van der Waals surface area contributed by atoms with Gasteiger partial charge in [-0.15, -0.1) is 0 Å². The van der Waals surface area contributed by atoms with Crippen molar-refractivity contribution in [2.24, 2.45) is 7.05 Å². The number of hydrogen-bond acceptors (Lipinski definition) is 8. The molecule has 4 aromatic carbocycles. The molecular weight excluding hydrogens is 622 g/mol. The van der Waals surface area contributed by atoms with Gasteiger partial charge in [0.05, 0.1) is 42.6 Å². The summed E-state index contributed by atoms with van der Waals surface area (Å²) in [4.78, 5) is 41.9. The van der Waals surface area contributed by atoms with E-state index in [1.165, 1.54) is 31.9 Å². The molecule has 0 unspecified atom stereocenters. The molecule has 0 saturated carbocycles. The second kappa shape index (κ2) is 14.4. The highest BCUT2D eigenvalue weighted by atomic mass is 16.5. The number of methoxy groups -OCH3 is 2. The van der Waals surface area contributed by atoms with E-state index in [4.69, 9.17) is 13.9 Å². The standard InChI is InChI=1S/C38H37N5O6/c1-5-43(23-25-12-15-31-26(18-25)22-39-42(31)2)17-16-24-10-13-27(14-11-24)40-37(45)29-19-34(47-3)35(48-4)20-30(29)41-38(46)36-21-32(44)28-8-6-7-9-33(28)49-36/h6-15,18-22H,5,16-17,23H2,1-4H3,(H,40,45)(H,41,46). The molecule has 0 fully saturated rings. The van der Waals surface area contributed by atoms with E-state index in [0.717, 1.165) is 48.6 Å². The maximum atomic E-state index is 13.6. The van der Waals surface area contributed by atoms with Gasteiger partial charge in [0.2, 0.25) is 0 Å². The highest BCUT2D eigenvalue weighted by molar-refractivity contribution is 6.12. The van der Waals surface area contributed by atoms with Crippen molar-refractivity contribution >= 4 is 45.1 Å². The lowest BCUT2D eigenvalue weighted by atomic mass is 10.1. The Bertz CT molecular complexity index is 2210. The van der Waals surface area contributed by atoms with E-state index in [1.807, 2.05) is 42.2 Å². The molecule has 0 bridgehead atoms. The van der Waals surface area contributed by atoms with Crippen LogP contribution in [-0.4, -0.2) is 53.8 Å². The van der Waals surface area contributed by atoms with Gasteiger partial charge in [0, 0.05) is 43.3 Å². The van der Waals surface area contributed by atoms with Crippen LogP contribution in [-0.2, 0) is 20.0 Å². The number of likely N-dealkylation sites (N-methyl/N-ethyl adjacent to an activating group) is 1. The molecule has 49 heavy (non-hydrogen) atoms. The van der Waals surface area contributed by atoms with E-state index in [1.54, 1.807) is 24.3 Å². The van der Waals surface area contributed by atoms with Crippen molar-refractivity contribution in [1.29, 1.82) is 0 Å². The number of carbonyl (C=O) groups excluding carboxylic acids is 2. The van der Waals surface area contributed by atoms with Crippen molar-refractivity contribution in [1.82, 2.24) is 14.7 Å². The van der Waals surface area contributed by atoms with Gasteiger partial charge in [-0.3, -0.25) is 24.0 Å². The highest BCUT2D eigenvalue weighted by Crippen LogP contribution is 2.34. The summed E-state index contributed by atoms with van der Waals surface area (Å²) in [7, 11) is 4.86. The van der Waals surface area contributed by atoms with Gasteiger partial charge in [0.25, 0.3) is 11.8 Å². The summed E-state index contributed by atoms with van der Waals surface area (Å²) >= 11 is 0. The van der Waals surface area contributed by atoms with Gasteiger partial charge in [-0.05, 0) is 66.6 Å². The largest absolute Gasteiger partial charge is 0.493 e. The Hall–Kier alpha value is -5.94. The monoisotopic (exact) mass is 659 g/mol. The molecule has 11 nitrogen and oxygen atoms in total. The molecule has 2 aromatic heterocycles. The molecule has 6 aromatic rings. The fourth-order valence-corrected chi connectivity index (χ4v) is 5.73. The van der Waals surface area contributed by atoms with Crippen molar-refractivity contribution in [3.8, 4) is 11.5 Å². The zero-order valence-electron chi connectivity index (χ0n) is 27.8. The van der Waals surface area contributed by atoms with Gasteiger partial charge >= 0.3 is 0 Å². The third-order valence-electron chi connectivity index (χ3n) is 8.47. The minimum Gasteiger partial charge on any atom is -0.493 e. The average Bonchev–Trinajstić information content (AvgIpc) is 3.49. The van der Waals surface area contributed by atoms with Crippen molar-refractivity contribution in [2.75, 3.05) is 37.9 Å². The number of amides is 2. The van der Waals surface area contributed by atoms with Crippen LogP contribution in [0.15, 0.2) is 100 Å². The van der Waals surface area contributed by atoms with Crippen molar-refractivity contribution in [3.05, 3.63) is 124 Å². The number of rotatable bonds is 12. The van der Waals surface area contributed by atoms with Gasteiger partial charge in [-0.2, -0.15) is 5.10 Å². The summed E-state index contributed by atoms with van der Waals surface area (Å²) < 4.78 is 18.4. The zero-order valence-corrected chi connectivity index (χ0v) is 27.8. The first kappa shape index (κ1) is 33.0. The number of hydrogen-bond donors (Lipinski definition) is 2. The lowest BCUT2D eigenvalue weighted by Crippen LogP contribution is -2.25. The first-order chi connectivity index (χ1) is 23.8. The van der Waals surface area contributed by atoms with Crippen molar-refractivity contribution in [3.63, 3.8) is 0 Å². The van der Waals surface area contributed by atoms with Crippen molar-refractivity contribution < 1.29 is 23.5 Å². The summed E-state index contributed by atoms with van der Waals surface area (Å²) in [5.41, 5.74) is 4.27. The summed E-state index contributed by atoms with van der Waals surface area (Å²) in [6.45, 7) is 4.78. The quantitative estimate of drug-likeness (QED) is 0.158. The van der Waals surface area contributed by atoms with Gasteiger partial charge in [-0.1, -0.05) is 37.3 Å². The molecule has 0 saturated heterocycles. The van der Waals surface area contributed by atoms with E-state index in [9.17, 15) is 14.4 Å². The number of aromatic nitrogens is 2. The Morgan fingerprint density at radius 3 is 2.37 bits per heavy atom. The number of fused-ring (bicyclic) bond motifs is 2. The number of benzene rings is 4. The van der Waals surface area contributed by atoms with Crippen LogP contribution >= 0.6 is 0 Å². The van der Waals surface area contributed by atoms with E-state index in [-0.39, 0.29) is 28.0 Å². The molecular formula is C38H37N5O6. The first-order valence-electron chi connectivity index (χ1n) is 15.9. The number of carbonyl (C=O) groups is 2. The Morgan fingerprint density at radius 2 is 1.61 bits per heavy atom. The Morgan fingerprint density at radius 1 is 0.878 bits per heavy atom. The normalized spacial score (nSPS) is 11.2. The second-order valence-electron chi connectivity index (χ2n) is 11.6. The average molecular weight is 660 g/mol. The fourth-order valence-electron chi connectivity index (χ4n) is 5.73.